The molecular weight excluding hydrogens is 526 g/mol. The van der Waals surface area contributed by atoms with Gasteiger partial charge < -0.3 is 15.5 Å². The fourth-order valence-electron chi connectivity index (χ4n) is 4.66. The number of amides is 1. The number of carbonyl (C=O) groups excluding carboxylic acids is 1. The molecule has 8 heteroatoms. The second-order valence-electron chi connectivity index (χ2n) is 8.57. The number of hydrogen-bond acceptors (Lipinski definition) is 3. The Bertz CT molecular complexity index is 766. The first-order valence-corrected chi connectivity index (χ1v) is 12.5. The lowest BCUT2D eigenvalue weighted by atomic mass is 9.85. The van der Waals surface area contributed by atoms with E-state index in [1.54, 1.807) is 6.07 Å². The summed E-state index contributed by atoms with van der Waals surface area (Å²) in [6, 6.07) is 7.62. The predicted octanol–water partition coefficient (Wildman–Crippen LogP) is 3.99. The summed E-state index contributed by atoms with van der Waals surface area (Å²) < 4.78 is 14.0. The van der Waals surface area contributed by atoms with Crippen LogP contribution in [-0.4, -0.2) is 60.0 Å². The van der Waals surface area contributed by atoms with Crippen LogP contribution in [0.3, 0.4) is 0 Å². The van der Waals surface area contributed by atoms with Crippen molar-refractivity contribution in [2.45, 2.75) is 57.0 Å². The molecule has 3 fully saturated rings. The number of thioether (sulfide) groups is 1. The van der Waals surface area contributed by atoms with Gasteiger partial charge in [0.2, 0.25) is 5.91 Å². The summed E-state index contributed by atoms with van der Waals surface area (Å²) in [5, 5.41) is 7.07. The Morgan fingerprint density at radius 2 is 1.87 bits per heavy atom. The first kappa shape index (κ1) is 24.6. The zero-order valence-corrected chi connectivity index (χ0v) is 21.3. The quantitative estimate of drug-likeness (QED) is 0.325. The summed E-state index contributed by atoms with van der Waals surface area (Å²) in [6.07, 6.45) is 4.80. The van der Waals surface area contributed by atoms with Gasteiger partial charge in [0.15, 0.2) is 5.96 Å². The lowest BCUT2D eigenvalue weighted by Gasteiger charge is -2.34. The van der Waals surface area contributed by atoms with Crippen LogP contribution >= 0.6 is 35.7 Å². The molecule has 0 aromatic heterocycles. The van der Waals surface area contributed by atoms with Crippen LogP contribution in [0.5, 0.6) is 0 Å². The highest BCUT2D eigenvalue weighted by Crippen LogP contribution is 2.41. The van der Waals surface area contributed by atoms with Crippen LogP contribution in [0.1, 0.15) is 50.5 Å². The number of aliphatic imine (C=N–C) groups is 1. The summed E-state index contributed by atoms with van der Waals surface area (Å²) in [7, 11) is 0. The minimum absolute atomic E-state index is 0. The van der Waals surface area contributed by atoms with E-state index in [1.165, 1.54) is 6.07 Å². The SMILES string of the molecule is CCN=C(NC1CCC(C(=O)N2CCSCC2)CC1)NC1CC1c1ccccc1F.I. The molecule has 2 saturated carbocycles. The number of benzene rings is 1. The second kappa shape index (κ2) is 11.7. The first-order chi connectivity index (χ1) is 14.7. The molecule has 1 aromatic carbocycles. The van der Waals surface area contributed by atoms with Crippen LogP contribution < -0.4 is 10.6 Å². The lowest BCUT2D eigenvalue weighted by Crippen LogP contribution is -2.48. The third kappa shape index (κ3) is 6.49. The van der Waals surface area contributed by atoms with E-state index >= 15 is 0 Å². The van der Waals surface area contributed by atoms with Crippen molar-refractivity contribution in [3.05, 3.63) is 35.6 Å². The molecule has 2 aliphatic carbocycles. The minimum Gasteiger partial charge on any atom is -0.354 e. The molecule has 1 saturated heterocycles. The van der Waals surface area contributed by atoms with E-state index in [-0.39, 0.29) is 47.7 Å². The molecular formula is C23H34FIN4OS. The Labute approximate surface area is 206 Å². The number of guanidine groups is 1. The molecule has 1 aliphatic heterocycles. The Morgan fingerprint density at radius 3 is 2.55 bits per heavy atom. The average molecular weight is 561 g/mol. The molecule has 1 aromatic rings. The highest BCUT2D eigenvalue weighted by Gasteiger charge is 2.41. The van der Waals surface area contributed by atoms with Gasteiger partial charge in [-0.3, -0.25) is 9.79 Å². The van der Waals surface area contributed by atoms with Gasteiger partial charge in [-0.1, -0.05) is 18.2 Å². The molecule has 4 rings (SSSR count). The predicted molar refractivity (Wildman–Crippen MR) is 137 cm³/mol. The van der Waals surface area contributed by atoms with Crippen LogP contribution in [0.15, 0.2) is 29.3 Å². The number of hydrogen-bond donors (Lipinski definition) is 2. The Morgan fingerprint density at radius 1 is 1.16 bits per heavy atom. The van der Waals surface area contributed by atoms with Gasteiger partial charge in [-0.15, -0.1) is 24.0 Å². The van der Waals surface area contributed by atoms with E-state index in [1.807, 2.05) is 30.8 Å². The van der Waals surface area contributed by atoms with E-state index in [4.69, 9.17) is 0 Å². The number of halogens is 2. The van der Waals surface area contributed by atoms with Crippen molar-refractivity contribution in [2.75, 3.05) is 31.1 Å². The standard InChI is InChI=1S/C23H33FN4OS.HI/c1-2-25-23(27-21-15-19(21)18-5-3-4-6-20(18)24)26-17-9-7-16(8-10-17)22(29)28-11-13-30-14-12-28;/h3-6,16-17,19,21H,2,7-15H2,1H3,(H2,25,26,27);1H. The normalized spacial score (nSPS) is 28.5. The van der Waals surface area contributed by atoms with Crippen molar-refractivity contribution < 1.29 is 9.18 Å². The maximum absolute atomic E-state index is 14.0. The molecule has 2 atom stereocenters. The van der Waals surface area contributed by atoms with Crippen LogP contribution in [0, 0.1) is 11.7 Å². The molecule has 1 amide bonds. The Kier molecular flexibility index (Phi) is 9.31. The molecule has 2 unspecified atom stereocenters. The molecule has 5 nitrogen and oxygen atoms in total. The van der Waals surface area contributed by atoms with Crippen LogP contribution in [0.25, 0.3) is 0 Å². The van der Waals surface area contributed by atoms with E-state index in [0.717, 1.165) is 68.2 Å². The van der Waals surface area contributed by atoms with Gasteiger partial charge in [0.25, 0.3) is 0 Å². The van der Waals surface area contributed by atoms with Gasteiger partial charge in [-0.25, -0.2) is 4.39 Å². The summed E-state index contributed by atoms with van der Waals surface area (Å²) >= 11 is 1.94. The average Bonchev–Trinajstić information content (AvgIpc) is 3.53. The summed E-state index contributed by atoms with van der Waals surface area (Å²) in [5.74, 6) is 3.60. The van der Waals surface area contributed by atoms with Crippen molar-refractivity contribution in [3.8, 4) is 0 Å². The zero-order valence-electron chi connectivity index (χ0n) is 18.2. The van der Waals surface area contributed by atoms with Gasteiger partial charge in [-0.2, -0.15) is 11.8 Å². The number of carbonyl (C=O) groups is 1. The monoisotopic (exact) mass is 560 g/mol. The molecule has 0 bridgehead atoms. The van der Waals surface area contributed by atoms with Gasteiger partial charge in [0.1, 0.15) is 5.82 Å². The molecule has 3 aliphatic rings. The van der Waals surface area contributed by atoms with E-state index in [9.17, 15) is 9.18 Å². The Balaban J connectivity index is 0.00000272. The van der Waals surface area contributed by atoms with E-state index in [2.05, 4.69) is 20.5 Å². The first-order valence-electron chi connectivity index (χ1n) is 11.3. The highest BCUT2D eigenvalue weighted by molar-refractivity contribution is 14.0. The molecule has 1 heterocycles. The van der Waals surface area contributed by atoms with E-state index < -0.39 is 0 Å². The largest absolute Gasteiger partial charge is 0.354 e. The minimum atomic E-state index is -0.121. The summed E-state index contributed by atoms with van der Waals surface area (Å²) in [5.41, 5.74) is 0.793. The van der Waals surface area contributed by atoms with Crippen molar-refractivity contribution in [2.24, 2.45) is 10.9 Å². The third-order valence-corrected chi connectivity index (χ3v) is 7.42. The highest BCUT2D eigenvalue weighted by atomic mass is 127. The van der Waals surface area contributed by atoms with Crippen LogP contribution in [0.2, 0.25) is 0 Å². The summed E-state index contributed by atoms with van der Waals surface area (Å²) in [6.45, 7) is 4.54. The van der Waals surface area contributed by atoms with Crippen molar-refractivity contribution in [3.63, 3.8) is 0 Å². The van der Waals surface area contributed by atoms with Crippen molar-refractivity contribution >= 4 is 47.6 Å². The lowest BCUT2D eigenvalue weighted by molar-refractivity contribution is -0.136. The van der Waals surface area contributed by atoms with Crippen LogP contribution in [0.4, 0.5) is 4.39 Å². The fraction of sp³-hybridized carbons (Fsp3) is 0.652. The third-order valence-electron chi connectivity index (χ3n) is 6.47. The molecule has 172 valence electrons. The van der Waals surface area contributed by atoms with Crippen LogP contribution in [-0.2, 0) is 4.79 Å². The molecule has 0 spiro atoms. The van der Waals surface area contributed by atoms with Gasteiger partial charge in [0.05, 0.1) is 0 Å². The topological polar surface area (TPSA) is 56.7 Å². The smallest absolute Gasteiger partial charge is 0.225 e. The summed E-state index contributed by atoms with van der Waals surface area (Å²) in [4.78, 5) is 19.4. The van der Waals surface area contributed by atoms with Gasteiger partial charge >= 0.3 is 0 Å². The molecule has 2 N–H and O–H groups in total. The molecule has 0 radical (unpaired) electrons. The molecule has 31 heavy (non-hydrogen) atoms. The zero-order chi connectivity index (χ0) is 20.9. The van der Waals surface area contributed by atoms with Gasteiger partial charge in [0, 0.05) is 55.1 Å². The second-order valence-corrected chi connectivity index (χ2v) is 9.79. The number of rotatable bonds is 5. The van der Waals surface area contributed by atoms with Gasteiger partial charge in [-0.05, 0) is 50.7 Å². The Hall–Kier alpha value is -1.03. The number of nitrogens with zero attached hydrogens (tertiary/aromatic N) is 2. The van der Waals surface area contributed by atoms with Crippen molar-refractivity contribution in [1.82, 2.24) is 15.5 Å². The number of nitrogens with one attached hydrogen (secondary N) is 2. The maximum atomic E-state index is 14.0. The van der Waals surface area contributed by atoms with Crippen molar-refractivity contribution in [1.29, 1.82) is 0 Å². The fourth-order valence-corrected chi connectivity index (χ4v) is 5.56. The maximum Gasteiger partial charge on any atom is 0.225 e. The van der Waals surface area contributed by atoms with E-state index in [0.29, 0.717) is 18.5 Å².